The van der Waals surface area contributed by atoms with E-state index >= 15 is 0 Å². The first-order valence-corrected chi connectivity index (χ1v) is 7.85. The SMILES string of the molecule is CC(N(C)C)C1(c2ccc(Cl)c(Cl)c2)CCCCC1.Cl. The van der Waals surface area contributed by atoms with E-state index in [0.29, 0.717) is 16.1 Å². The zero-order chi connectivity index (χ0) is 14.0. The molecule has 1 fully saturated rings. The van der Waals surface area contributed by atoms with Gasteiger partial charge >= 0.3 is 0 Å². The van der Waals surface area contributed by atoms with Gasteiger partial charge in [-0.05, 0) is 51.6 Å². The van der Waals surface area contributed by atoms with Gasteiger partial charge in [0.1, 0.15) is 0 Å². The summed E-state index contributed by atoms with van der Waals surface area (Å²) >= 11 is 12.3. The van der Waals surface area contributed by atoms with Gasteiger partial charge in [-0.25, -0.2) is 0 Å². The standard InChI is InChI=1S/C16H23Cl2N.ClH/c1-12(19(2)3)16(9-5-4-6-10-16)13-7-8-14(17)15(18)11-13;/h7-8,11-12H,4-6,9-10H2,1-3H3;1H. The summed E-state index contributed by atoms with van der Waals surface area (Å²) in [5, 5.41) is 1.32. The Morgan fingerprint density at radius 2 is 1.65 bits per heavy atom. The summed E-state index contributed by atoms with van der Waals surface area (Å²) in [6.45, 7) is 2.33. The van der Waals surface area contributed by atoms with Crippen LogP contribution in [-0.2, 0) is 5.41 Å². The summed E-state index contributed by atoms with van der Waals surface area (Å²) in [5.41, 5.74) is 1.57. The second-order valence-corrected chi connectivity index (χ2v) is 6.80. The van der Waals surface area contributed by atoms with Crippen LogP contribution in [0.1, 0.15) is 44.6 Å². The molecule has 20 heavy (non-hydrogen) atoms. The molecular weight excluding hydrogens is 313 g/mol. The smallest absolute Gasteiger partial charge is 0.0595 e. The van der Waals surface area contributed by atoms with Crippen molar-refractivity contribution in [2.24, 2.45) is 0 Å². The summed E-state index contributed by atoms with van der Waals surface area (Å²) in [6, 6.07) is 6.69. The number of likely N-dealkylation sites (N-methyl/N-ethyl adjacent to an activating group) is 1. The molecule has 1 atom stereocenters. The van der Waals surface area contributed by atoms with Gasteiger partial charge in [0.15, 0.2) is 0 Å². The monoisotopic (exact) mass is 335 g/mol. The Kier molecular flexibility index (Phi) is 6.66. The number of rotatable bonds is 3. The van der Waals surface area contributed by atoms with Crippen LogP contribution >= 0.6 is 35.6 Å². The van der Waals surface area contributed by atoms with Crippen LogP contribution in [0.15, 0.2) is 18.2 Å². The third-order valence-electron chi connectivity index (χ3n) is 4.81. The van der Waals surface area contributed by atoms with Crippen molar-refractivity contribution in [3.8, 4) is 0 Å². The fraction of sp³-hybridized carbons (Fsp3) is 0.625. The summed E-state index contributed by atoms with van der Waals surface area (Å²) in [6.07, 6.45) is 6.44. The van der Waals surface area contributed by atoms with Crippen LogP contribution < -0.4 is 0 Å². The first-order chi connectivity index (χ1) is 8.97. The lowest BCUT2D eigenvalue weighted by Gasteiger charge is -2.45. The van der Waals surface area contributed by atoms with Crippen molar-refractivity contribution in [3.05, 3.63) is 33.8 Å². The zero-order valence-electron chi connectivity index (χ0n) is 12.5. The largest absolute Gasteiger partial charge is 0.306 e. The quantitative estimate of drug-likeness (QED) is 0.697. The molecule has 1 unspecified atom stereocenters. The van der Waals surface area contributed by atoms with Gasteiger partial charge in [0, 0.05) is 11.5 Å². The minimum atomic E-state index is 0. The molecule has 0 bridgehead atoms. The topological polar surface area (TPSA) is 3.24 Å². The summed E-state index contributed by atoms with van der Waals surface area (Å²) < 4.78 is 0. The van der Waals surface area contributed by atoms with Gasteiger partial charge in [-0.15, -0.1) is 12.4 Å². The molecule has 0 spiro atoms. The van der Waals surface area contributed by atoms with Crippen LogP contribution in [-0.4, -0.2) is 25.0 Å². The van der Waals surface area contributed by atoms with E-state index in [1.807, 2.05) is 6.07 Å². The lowest BCUT2D eigenvalue weighted by atomic mass is 9.65. The molecule has 0 heterocycles. The van der Waals surface area contributed by atoms with Gasteiger partial charge in [-0.3, -0.25) is 0 Å². The zero-order valence-corrected chi connectivity index (χ0v) is 14.8. The molecule has 1 aromatic rings. The minimum absolute atomic E-state index is 0. The van der Waals surface area contributed by atoms with Gasteiger partial charge in [0.2, 0.25) is 0 Å². The van der Waals surface area contributed by atoms with Crippen molar-refractivity contribution in [1.82, 2.24) is 4.90 Å². The van der Waals surface area contributed by atoms with E-state index < -0.39 is 0 Å². The predicted octanol–water partition coefficient (Wildman–Crippen LogP) is 5.57. The average Bonchev–Trinajstić information content (AvgIpc) is 2.41. The Hall–Kier alpha value is 0.0500. The Balaban J connectivity index is 0.00000200. The highest BCUT2D eigenvalue weighted by Gasteiger charge is 2.40. The third-order valence-corrected chi connectivity index (χ3v) is 5.55. The minimum Gasteiger partial charge on any atom is -0.306 e. The molecule has 0 saturated heterocycles. The maximum absolute atomic E-state index is 6.23. The van der Waals surface area contributed by atoms with E-state index in [1.54, 1.807) is 0 Å². The van der Waals surface area contributed by atoms with Crippen LogP contribution in [0, 0.1) is 0 Å². The number of halogens is 3. The molecule has 2 rings (SSSR count). The molecule has 1 aliphatic carbocycles. The summed E-state index contributed by atoms with van der Waals surface area (Å²) in [4.78, 5) is 2.33. The molecule has 1 aliphatic rings. The van der Waals surface area contributed by atoms with Gasteiger partial charge in [0.05, 0.1) is 10.0 Å². The Bertz CT molecular complexity index is 439. The molecule has 4 heteroatoms. The Morgan fingerprint density at radius 1 is 1.05 bits per heavy atom. The number of hydrogen-bond acceptors (Lipinski definition) is 1. The van der Waals surface area contributed by atoms with Crippen molar-refractivity contribution in [2.45, 2.75) is 50.5 Å². The average molecular weight is 337 g/mol. The van der Waals surface area contributed by atoms with Crippen LogP contribution in [0.4, 0.5) is 0 Å². The number of hydrogen-bond donors (Lipinski definition) is 0. The van der Waals surface area contributed by atoms with E-state index in [0.717, 1.165) is 0 Å². The van der Waals surface area contributed by atoms with E-state index in [1.165, 1.54) is 37.7 Å². The molecule has 0 aromatic heterocycles. The van der Waals surface area contributed by atoms with Crippen molar-refractivity contribution >= 4 is 35.6 Å². The van der Waals surface area contributed by atoms with Gasteiger partial charge in [-0.2, -0.15) is 0 Å². The molecule has 1 aromatic carbocycles. The molecular formula is C16H24Cl3N. The van der Waals surface area contributed by atoms with Crippen LogP contribution in [0.3, 0.4) is 0 Å². The molecule has 0 N–H and O–H groups in total. The summed E-state index contributed by atoms with van der Waals surface area (Å²) in [7, 11) is 4.33. The lowest BCUT2D eigenvalue weighted by molar-refractivity contribution is 0.143. The number of nitrogens with zero attached hydrogens (tertiary/aromatic N) is 1. The van der Waals surface area contributed by atoms with Gasteiger partial charge < -0.3 is 4.90 Å². The third kappa shape index (κ3) is 3.44. The first kappa shape index (κ1) is 18.1. The predicted molar refractivity (Wildman–Crippen MR) is 91.6 cm³/mol. The van der Waals surface area contributed by atoms with Crippen molar-refractivity contribution in [3.63, 3.8) is 0 Å². The fourth-order valence-corrected chi connectivity index (χ4v) is 3.73. The molecule has 0 amide bonds. The number of benzene rings is 1. The second kappa shape index (κ2) is 7.35. The van der Waals surface area contributed by atoms with Crippen molar-refractivity contribution in [2.75, 3.05) is 14.1 Å². The second-order valence-electron chi connectivity index (χ2n) is 5.99. The summed E-state index contributed by atoms with van der Waals surface area (Å²) in [5.74, 6) is 0. The van der Waals surface area contributed by atoms with Crippen LogP contribution in [0.5, 0.6) is 0 Å². The maximum atomic E-state index is 6.23. The normalized spacial score (nSPS) is 19.5. The lowest BCUT2D eigenvalue weighted by Crippen LogP contribution is -2.47. The molecule has 1 saturated carbocycles. The Labute approximate surface area is 139 Å². The first-order valence-electron chi connectivity index (χ1n) is 7.09. The molecule has 1 nitrogen and oxygen atoms in total. The van der Waals surface area contributed by atoms with E-state index in [-0.39, 0.29) is 17.8 Å². The van der Waals surface area contributed by atoms with Crippen LogP contribution in [0.2, 0.25) is 10.0 Å². The molecule has 0 radical (unpaired) electrons. The van der Waals surface area contributed by atoms with Crippen molar-refractivity contribution < 1.29 is 0 Å². The van der Waals surface area contributed by atoms with Gasteiger partial charge in [-0.1, -0.05) is 48.5 Å². The highest BCUT2D eigenvalue weighted by Crippen LogP contribution is 2.44. The van der Waals surface area contributed by atoms with Crippen molar-refractivity contribution in [1.29, 1.82) is 0 Å². The molecule has 114 valence electrons. The Morgan fingerprint density at radius 3 is 2.15 bits per heavy atom. The molecule has 0 aliphatic heterocycles. The van der Waals surface area contributed by atoms with E-state index in [2.05, 4.69) is 38.1 Å². The van der Waals surface area contributed by atoms with E-state index in [9.17, 15) is 0 Å². The maximum Gasteiger partial charge on any atom is 0.0595 e. The van der Waals surface area contributed by atoms with Gasteiger partial charge in [0.25, 0.3) is 0 Å². The van der Waals surface area contributed by atoms with E-state index in [4.69, 9.17) is 23.2 Å². The highest BCUT2D eigenvalue weighted by atomic mass is 35.5. The fourth-order valence-electron chi connectivity index (χ4n) is 3.43. The highest BCUT2D eigenvalue weighted by molar-refractivity contribution is 6.42. The van der Waals surface area contributed by atoms with Crippen LogP contribution in [0.25, 0.3) is 0 Å².